The number of hydrogen-bond acceptors (Lipinski definition) is 17. The van der Waals surface area contributed by atoms with Crippen molar-refractivity contribution in [2.24, 2.45) is 5.92 Å². The molecule has 3 aliphatic heterocycles. The number of fused-ring (bicyclic) bond motifs is 5. The molecule has 47 heavy (non-hydrogen) atoms. The second kappa shape index (κ2) is 12.0. The Labute approximate surface area is 262 Å². The van der Waals surface area contributed by atoms with Crippen molar-refractivity contribution in [1.82, 2.24) is 39.0 Å². The van der Waals surface area contributed by atoms with Crippen LogP contribution >= 0.6 is 15.6 Å². The van der Waals surface area contributed by atoms with Crippen LogP contribution in [0.15, 0.2) is 23.8 Å². The van der Waals surface area contributed by atoms with Crippen molar-refractivity contribution in [1.29, 1.82) is 0 Å². The van der Waals surface area contributed by atoms with Crippen LogP contribution in [-0.2, 0) is 36.7 Å². The SMILES string of the molecule is Cc1nc2c(ncn2[C@@H]2O[C@@H]3COP(=O)(O)O[C@@H]4C(O)[C@H](n5cnc6c(N)ncnc65)O[C@@H]4COP(=O)(O)OC2[C@H]3CCO)c(=O)[nH]1. The maximum Gasteiger partial charge on any atom is 0.472 e. The van der Waals surface area contributed by atoms with E-state index in [4.69, 9.17) is 33.3 Å². The predicted octanol–water partition coefficient (Wildman–Crippen LogP) is -0.978. The molecular weight excluding hydrogens is 672 g/mol. The molecule has 4 aromatic heterocycles. The lowest BCUT2D eigenvalue weighted by Gasteiger charge is -2.26. The Bertz CT molecular complexity index is 1970. The molecule has 0 aliphatic carbocycles. The summed E-state index contributed by atoms with van der Waals surface area (Å²) in [7, 11) is -10.1. The minimum Gasteiger partial charge on any atom is -0.396 e. The number of imidazole rings is 2. The Morgan fingerprint density at radius 1 is 0.936 bits per heavy atom. The molecule has 4 aromatic rings. The number of rotatable bonds is 4. The summed E-state index contributed by atoms with van der Waals surface area (Å²) in [4.78, 5) is 57.2. The van der Waals surface area contributed by atoms with Gasteiger partial charge in [-0.1, -0.05) is 0 Å². The molecule has 22 nitrogen and oxygen atoms in total. The fourth-order valence-electron chi connectivity index (χ4n) is 5.99. The molecule has 254 valence electrons. The van der Waals surface area contributed by atoms with E-state index in [0.29, 0.717) is 0 Å². The van der Waals surface area contributed by atoms with Gasteiger partial charge in [0.1, 0.15) is 42.1 Å². The van der Waals surface area contributed by atoms with Crippen LogP contribution in [0.2, 0.25) is 0 Å². The minimum atomic E-state index is -5.03. The number of aliphatic hydroxyl groups is 2. The fraction of sp³-hybridized carbons (Fsp3) is 0.565. The number of nitrogens with one attached hydrogen (secondary N) is 1. The number of ether oxygens (including phenoxy) is 2. The topological polar surface area (TPSA) is 304 Å². The summed E-state index contributed by atoms with van der Waals surface area (Å²) in [6.07, 6.45) is -6.36. The Balaban J connectivity index is 1.23. The molecule has 24 heteroatoms. The van der Waals surface area contributed by atoms with Crippen LogP contribution in [0, 0.1) is 12.8 Å². The molecule has 3 aliphatic rings. The standard InChI is InChI=1S/C23H29N9O13P2/c1-9-29-20-14(21(35)30-9)28-8-32(20)23-16-10(2-3-33)11(42-23)4-40-47(38,39)45-17-12(5-41-46(36,37)44-16)43-22(15(17)34)31-7-27-13-18(24)25-6-26-19(13)31/h6-8,10-12,15-17,22-23,33-34H,2-5H2,1H3,(H,36,37)(H,38,39)(H2,24,25,26)(H,29,30,35)/t10-,11+,12+,15?,16?,17-,22+,23+/m0/s1. The van der Waals surface area contributed by atoms with Crippen LogP contribution in [0.4, 0.5) is 5.82 Å². The highest BCUT2D eigenvalue weighted by molar-refractivity contribution is 7.47. The summed E-state index contributed by atoms with van der Waals surface area (Å²) in [5.41, 5.74) is 5.66. The highest BCUT2D eigenvalue weighted by atomic mass is 31.2. The number of phosphoric acid groups is 2. The third-order valence-electron chi connectivity index (χ3n) is 8.07. The van der Waals surface area contributed by atoms with Crippen molar-refractivity contribution in [2.45, 2.75) is 56.3 Å². The highest BCUT2D eigenvalue weighted by Gasteiger charge is 2.54. The summed E-state index contributed by atoms with van der Waals surface area (Å²) in [5.74, 6) is -0.634. The van der Waals surface area contributed by atoms with E-state index < -0.39 is 89.9 Å². The van der Waals surface area contributed by atoms with Crippen molar-refractivity contribution < 1.29 is 56.7 Å². The molecule has 3 fully saturated rings. The van der Waals surface area contributed by atoms with Gasteiger partial charge in [0, 0.05) is 12.5 Å². The Morgan fingerprint density at radius 3 is 2.30 bits per heavy atom. The zero-order valence-electron chi connectivity index (χ0n) is 24.2. The van der Waals surface area contributed by atoms with E-state index in [1.54, 1.807) is 0 Å². The molecule has 7 heterocycles. The van der Waals surface area contributed by atoms with Crippen LogP contribution in [0.1, 0.15) is 24.7 Å². The van der Waals surface area contributed by atoms with E-state index in [2.05, 4.69) is 29.9 Å². The van der Waals surface area contributed by atoms with E-state index in [0.717, 1.165) is 6.33 Å². The van der Waals surface area contributed by atoms with Crippen molar-refractivity contribution in [3.8, 4) is 0 Å². The smallest absolute Gasteiger partial charge is 0.396 e. The second-order valence-electron chi connectivity index (χ2n) is 11.0. The van der Waals surface area contributed by atoms with Crippen molar-refractivity contribution in [3.63, 3.8) is 0 Å². The molecule has 2 bridgehead atoms. The predicted molar refractivity (Wildman–Crippen MR) is 153 cm³/mol. The highest BCUT2D eigenvalue weighted by Crippen LogP contribution is 2.55. The Morgan fingerprint density at radius 2 is 1.57 bits per heavy atom. The number of phosphoric ester groups is 2. The lowest BCUT2D eigenvalue weighted by atomic mass is 9.95. The lowest BCUT2D eigenvalue weighted by molar-refractivity contribution is -0.0671. The number of aliphatic hydroxyl groups excluding tert-OH is 2. The van der Waals surface area contributed by atoms with Gasteiger partial charge in [-0.05, 0) is 13.3 Å². The van der Waals surface area contributed by atoms with Gasteiger partial charge >= 0.3 is 15.6 Å². The molecule has 0 spiro atoms. The van der Waals surface area contributed by atoms with Crippen LogP contribution in [0.5, 0.6) is 0 Å². The molecule has 3 saturated heterocycles. The average Bonchev–Trinajstić information content (AvgIpc) is 3.76. The third kappa shape index (κ3) is 5.90. The Kier molecular flexibility index (Phi) is 8.26. The summed E-state index contributed by atoms with van der Waals surface area (Å²) in [6.45, 7) is -0.316. The summed E-state index contributed by atoms with van der Waals surface area (Å²) in [5, 5.41) is 21.1. The fourth-order valence-corrected chi connectivity index (χ4v) is 7.92. The molecule has 0 radical (unpaired) electrons. The Hall–Kier alpha value is -3.24. The van der Waals surface area contributed by atoms with Crippen molar-refractivity contribution in [2.75, 3.05) is 25.6 Å². The van der Waals surface area contributed by atoms with E-state index in [9.17, 15) is 33.9 Å². The van der Waals surface area contributed by atoms with Gasteiger partial charge in [0.15, 0.2) is 35.1 Å². The molecule has 10 atom stereocenters. The minimum absolute atomic E-state index is 0.0473. The monoisotopic (exact) mass is 701 g/mol. The summed E-state index contributed by atoms with van der Waals surface area (Å²) in [6, 6.07) is 0. The summed E-state index contributed by atoms with van der Waals surface area (Å²) < 4.78 is 62.9. The zero-order chi connectivity index (χ0) is 33.2. The second-order valence-corrected chi connectivity index (χ2v) is 13.8. The molecule has 0 aromatic carbocycles. The first-order valence-corrected chi connectivity index (χ1v) is 17.1. The molecule has 0 amide bonds. The third-order valence-corrected chi connectivity index (χ3v) is 10.0. The van der Waals surface area contributed by atoms with Gasteiger partial charge in [-0.3, -0.25) is 32.0 Å². The first-order valence-electron chi connectivity index (χ1n) is 14.1. The maximum atomic E-state index is 13.5. The zero-order valence-corrected chi connectivity index (χ0v) is 26.0. The maximum absolute atomic E-state index is 13.5. The number of nitrogen functional groups attached to an aromatic ring is 1. The van der Waals surface area contributed by atoms with Gasteiger partial charge in [-0.15, -0.1) is 0 Å². The quantitative estimate of drug-likeness (QED) is 0.139. The van der Waals surface area contributed by atoms with Gasteiger partial charge in [0.05, 0.1) is 32.0 Å². The van der Waals surface area contributed by atoms with Gasteiger partial charge in [-0.2, -0.15) is 0 Å². The largest absolute Gasteiger partial charge is 0.472 e. The van der Waals surface area contributed by atoms with Gasteiger partial charge in [0.2, 0.25) is 0 Å². The first-order chi connectivity index (χ1) is 22.4. The van der Waals surface area contributed by atoms with Crippen LogP contribution < -0.4 is 11.3 Å². The number of aromatic nitrogens is 8. The molecule has 7 N–H and O–H groups in total. The lowest BCUT2D eigenvalue weighted by Crippen LogP contribution is -2.36. The van der Waals surface area contributed by atoms with E-state index in [-0.39, 0.29) is 40.4 Å². The molecule has 4 unspecified atom stereocenters. The van der Waals surface area contributed by atoms with Crippen molar-refractivity contribution >= 4 is 43.8 Å². The molecular formula is C23H29N9O13P2. The van der Waals surface area contributed by atoms with Gasteiger partial charge < -0.3 is 40.2 Å². The number of nitrogens with zero attached hydrogens (tertiary/aromatic N) is 7. The van der Waals surface area contributed by atoms with E-state index >= 15 is 0 Å². The number of aryl methyl sites for hydroxylation is 1. The number of hydrogen-bond donors (Lipinski definition) is 6. The van der Waals surface area contributed by atoms with Crippen LogP contribution in [0.3, 0.4) is 0 Å². The normalized spacial score (nSPS) is 36.6. The number of aromatic amines is 1. The number of anilines is 1. The van der Waals surface area contributed by atoms with Gasteiger partial charge in [0.25, 0.3) is 5.56 Å². The molecule has 7 rings (SSSR count). The number of H-pyrrole nitrogens is 1. The average molecular weight is 701 g/mol. The first kappa shape index (κ1) is 32.3. The van der Waals surface area contributed by atoms with Crippen LogP contribution in [0.25, 0.3) is 22.3 Å². The van der Waals surface area contributed by atoms with Crippen LogP contribution in [-0.4, -0.2) is 109 Å². The van der Waals surface area contributed by atoms with Gasteiger partial charge in [-0.25, -0.2) is 34.0 Å². The van der Waals surface area contributed by atoms with E-state index in [1.807, 2.05) is 0 Å². The number of nitrogens with two attached hydrogens (primary N) is 1. The molecule has 0 saturated carbocycles. The van der Waals surface area contributed by atoms with Crippen molar-refractivity contribution in [3.05, 3.63) is 35.2 Å². The summed E-state index contributed by atoms with van der Waals surface area (Å²) >= 11 is 0. The van der Waals surface area contributed by atoms with E-state index in [1.165, 1.54) is 28.7 Å².